The molecule has 0 saturated heterocycles. The van der Waals surface area contributed by atoms with Gasteiger partial charge in [-0.05, 0) is 102 Å². The second-order valence-electron chi connectivity index (χ2n) is 14.8. The first-order valence-corrected chi connectivity index (χ1v) is 16.7. The van der Waals surface area contributed by atoms with Gasteiger partial charge in [-0.25, -0.2) is 0 Å². The van der Waals surface area contributed by atoms with Crippen LogP contribution in [0.3, 0.4) is 0 Å². The molecule has 7 aromatic rings. The molecule has 1 heteroatoms. The van der Waals surface area contributed by atoms with E-state index in [0.717, 1.165) is 17.1 Å². The average Bonchev–Trinajstić information content (AvgIpc) is 3.08. The van der Waals surface area contributed by atoms with E-state index in [2.05, 4.69) is 198 Å². The fraction of sp³-hybridized carbons (Fsp3) is 0.174. The summed E-state index contributed by atoms with van der Waals surface area (Å²) < 4.78 is 0. The molecule has 0 aromatic heterocycles. The molecular weight excluding hydrogens is 567 g/mol. The molecule has 0 spiro atoms. The highest BCUT2D eigenvalue weighted by molar-refractivity contribution is 6.08. The number of hydrogen-bond acceptors (Lipinski definition) is 1. The van der Waals surface area contributed by atoms with Crippen molar-refractivity contribution in [2.24, 2.45) is 0 Å². The number of anilines is 3. The van der Waals surface area contributed by atoms with Crippen LogP contribution in [0.4, 0.5) is 17.1 Å². The Morgan fingerprint density at radius 2 is 0.723 bits per heavy atom. The number of rotatable bonds is 5. The maximum Gasteiger partial charge on any atom is 0.0468 e. The summed E-state index contributed by atoms with van der Waals surface area (Å²) in [6.45, 7) is 13.6. The monoisotopic (exact) mass is 609 g/mol. The minimum absolute atomic E-state index is 0.139. The van der Waals surface area contributed by atoms with Crippen LogP contribution in [-0.4, -0.2) is 0 Å². The molecule has 47 heavy (non-hydrogen) atoms. The lowest BCUT2D eigenvalue weighted by molar-refractivity contribution is 0.590. The molecule has 7 aromatic carbocycles. The zero-order valence-electron chi connectivity index (χ0n) is 28.4. The topological polar surface area (TPSA) is 3.24 Å². The Kier molecular flexibility index (Phi) is 7.73. The normalized spacial score (nSPS) is 12.0. The summed E-state index contributed by atoms with van der Waals surface area (Å²) in [5.41, 5.74) is 11.3. The third kappa shape index (κ3) is 6.19. The molecule has 0 aliphatic rings. The van der Waals surface area contributed by atoms with E-state index in [1.807, 2.05) is 0 Å². The molecule has 0 N–H and O–H groups in total. The molecule has 0 aliphatic heterocycles. The molecular formula is C46H43N. The van der Waals surface area contributed by atoms with Crippen LogP contribution < -0.4 is 4.90 Å². The fourth-order valence-electron chi connectivity index (χ4n) is 6.52. The predicted molar refractivity (Wildman–Crippen MR) is 204 cm³/mol. The third-order valence-corrected chi connectivity index (χ3v) is 9.41. The summed E-state index contributed by atoms with van der Waals surface area (Å²) in [6, 6.07) is 55.9. The van der Waals surface area contributed by atoms with Crippen molar-refractivity contribution in [1.82, 2.24) is 0 Å². The van der Waals surface area contributed by atoms with Crippen molar-refractivity contribution in [1.29, 1.82) is 0 Å². The highest BCUT2D eigenvalue weighted by Crippen LogP contribution is 2.39. The third-order valence-electron chi connectivity index (χ3n) is 9.41. The van der Waals surface area contributed by atoms with Crippen molar-refractivity contribution in [3.8, 4) is 22.3 Å². The van der Waals surface area contributed by atoms with Crippen molar-refractivity contribution < 1.29 is 0 Å². The Bertz CT molecular complexity index is 2050. The lowest BCUT2D eigenvalue weighted by Gasteiger charge is -2.26. The van der Waals surface area contributed by atoms with Crippen molar-refractivity contribution >= 4 is 38.6 Å². The van der Waals surface area contributed by atoms with Crippen LogP contribution in [-0.2, 0) is 10.8 Å². The molecule has 7 rings (SSSR count). The summed E-state index contributed by atoms with van der Waals surface area (Å²) in [5.74, 6) is 0. The first-order chi connectivity index (χ1) is 22.5. The van der Waals surface area contributed by atoms with Gasteiger partial charge in [0.05, 0.1) is 0 Å². The van der Waals surface area contributed by atoms with Crippen LogP contribution in [0.1, 0.15) is 52.7 Å². The predicted octanol–water partition coefficient (Wildman–Crippen LogP) is 13.4. The smallest absolute Gasteiger partial charge is 0.0468 e. The number of hydrogen-bond donors (Lipinski definition) is 0. The number of fused-ring (bicyclic) bond motifs is 3. The van der Waals surface area contributed by atoms with Crippen LogP contribution >= 0.6 is 0 Å². The standard InChI is InChI=1S/C46H43N/c1-45(2,3)38-21-13-32(14-22-38)34-17-25-40(26-18-34)47(42-29-30-44-37(31-42)12-11-36-9-7-8-10-43(36)44)41-27-19-35(20-28-41)33-15-23-39(24-16-33)46(4,5)6/h7-31H,1-6H3. The summed E-state index contributed by atoms with van der Waals surface area (Å²) in [4.78, 5) is 2.37. The van der Waals surface area contributed by atoms with E-state index in [1.54, 1.807) is 0 Å². The molecule has 0 bridgehead atoms. The first-order valence-electron chi connectivity index (χ1n) is 16.7. The van der Waals surface area contributed by atoms with Gasteiger partial charge in [0.25, 0.3) is 0 Å². The lowest BCUT2D eigenvalue weighted by Crippen LogP contribution is -2.10. The molecule has 0 aliphatic carbocycles. The number of benzene rings is 7. The van der Waals surface area contributed by atoms with Gasteiger partial charge in [0, 0.05) is 17.1 Å². The van der Waals surface area contributed by atoms with Gasteiger partial charge < -0.3 is 4.90 Å². The van der Waals surface area contributed by atoms with Gasteiger partial charge in [0.2, 0.25) is 0 Å². The largest absolute Gasteiger partial charge is 0.310 e. The zero-order valence-corrected chi connectivity index (χ0v) is 28.4. The maximum atomic E-state index is 2.37. The summed E-state index contributed by atoms with van der Waals surface area (Å²) in [6.07, 6.45) is 0. The minimum Gasteiger partial charge on any atom is -0.310 e. The van der Waals surface area contributed by atoms with Gasteiger partial charge in [-0.1, -0.05) is 157 Å². The molecule has 0 radical (unpaired) electrons. The van der Waals surface area contributed by atoms with Gasteiger partial charge in [-0.15, -0.1) is 0 Å². The molecule has 232 valence electrons. The SMILES string of the molecule is CC(C)(C)c1ccc(-c2ccc(N(c3ccc(-c4ccc(C(C)(C)C)cc4)cc3)c3ccc4c(ccc5ccccc54)c3)cc2)cc1. The Labute approximate surface area is 280 Å². The second-order valence-corrected chi connectivity index (χ2v) is 14.8. The summed E-state index contributed by atoms with van der Waals surface area (Å²) >= 11 is 0. The Hall–Kier alpha value is -5.14. The van der Waals surface area contributed by atoms with E-state index < -0.39 is 0 Å². The second kappa shape index (κ2) is 11.9. The zero-order chi connectivity index (χ0) is 32.8. The summed E-state index contributed by atoms with van der Waals surface area (Å²) in [5, 5.41) is 5.06. The lowest BCUT2D eigenvalue weighted by atomic mass is 9.86. The van der Waals surface area contributed by atoms with E-state index in [9.17, 15) is 0 Å². The van der Waals surface area contributed by atoms with Crippen molar-refractivity contribution in [3.63, 3.8) is 0 Å². The summed E-state index contributed by atoms with van der Waals surface area (Å²) in [7, 11) is 0. The Morgan fingerprint density at radius 1 is 0.340 bits per heavy atom. The van der Waals surface area contributed by atoms with Crippen LogP contribution in [0.2, 0.25) is 0 Å². The van der Waals surface area contributed by atoms with E-state index in [0.29, 0.717) is 0 Å². The highest BCUT2D eigenvalue weighted by Gasteiger charge is 2.17. The molecule has 0 fully saturated rings. The highest BCUT2D eigenvalue weighted by atomic mass is 15.1. The van der Waals surface area contributed by atoms with Crippen LogP contribution in [0.15, 0.2) is 152 Å². The van der Waals surface area contributed by atoms with Gasteiger partial charge >= 0.3 is 0 Å². The Balaban J connectivity index is 1.28. The molecule has 0 unspecified atom stereocenters. The van der Waals surface area contributed by atoms with Gasteiger partial charge in [0.15, 0.2) is 0 Å². The van der Waals surface area contributed by atoms with Gasteiger partial charge in [0.1, 0.15) is 0 Å². The van der Waals surface area contributed by atoms with Crippen molar-refractivity contribution in [2.75, 3.05) is 4.90 Å². The maximum absolute atomic E-state index is 2.37. The van der Waals surface area contributed by atoms with Gasteiger partial charge in [-0.2, -0.15) is 0 Å². The molecule has 0 atom stereocenters. The van der Waals surface area contributed by atoms with Crippen molar-refractivity contribution in [3.05, 3.63) is 163 Å². The number of nitrogens with zero attached hydrogens (tertiary/aromatic N) is 1. The molecule has 0 saturated carbocycles. The van der Waals surface area contributed by atoms with Crippen molar-refractivity contribution in [2.45, 2.75) is 52.4 Å². The molecule has 0 heterocycles. The fourth-order valence-corrected chi connectivity index (χ4v) is 6.52. The minimum atomic E-state index is 0.139. The van der Waals surface area contributed by atoms with Crippen LogP contribution in [0, 0.1) is 0 Å². The van der Waals surface area contributed by atoms with E-state index >= 15 is 0 Å². The van der Waals surface area contributed by atoms with Crippen LogP contribution in [0.5, 0.6) is 0 Å². The van der Waals surface area contributed by atoms with E-state index in [-0.39, 0.29) is 10.8 Å². The molecule has 1 nitrogen and oxygen atoms in total. The quantitative estimate of drug-likeness (QED) is 0.176. The molecule has 0 amide bonds. The first kappa shape index (κ1) is 30.5. The Morgan fingerprint density at radius 3 is 1.19 bits per heavy atom. The van der Waals surface area contributed by atoms with E-state index in [4.69, 9.17) is 0 Å². The van der Waals surface area contributed by atoms with E-state index in [1.165, 1.54) is 54.9 Å². The average molecular weight is 610 g/mol. The van der Waals surface area contributed by atoms with Gasteiger partial charge in [-0.3, -0.25) is 0 Å². The van der Waals surface area contributed by atoms with Crippen LogP contribution in [0.25, 0.3) is 43.8 Å².